The summed E-state index contributed by atoms with van der Waals surface area (Å²) in [6, 6.07) is 4.22. The fourth-order valence-corrected chi connectivity index (χ4v) is 4.59. The number of hydrogen-bond acceptors (Lipinski definition) is 7. The molecule has 0 unspecified atom stereocenters. The SMILES string of the molecule is CCOc1cc(-c2cn(C)nc2C)ncc1-c1cc(NCc2cnn(C)c2)c2c(n1)c(C)nn2C(C)C. The number of rotatable bonds is 8. The molecular formula is C27H33N9O. The summed E-state index contributed by atoms with van der Waals surface area (Å²) in [5.41, 5.74) is 9.08. The quantitative estimate of drug-likeness (QED) is 0.326. The van der Waals surface area contributed by atoms with E-state index in [1.165, 1.54) is 0 Å². The van der Waals surface area contributed by atoms with Crippen LogP contribution in [0.2, 0.25) is 0 Å². The maximum Gasteiger partial charge on any atom is 0.132 e. The van der Waals surface area contributed by atoms with Crippen LogP contribution in [0.4, 0.5) is 5.69 Å². The largest absolute Gasteiger partial charge is 0.493 e. The normalized spacial score (nSPS) is 11.6. The molecule has 0 spiro atoms. The van der Waals surface area contributed by atoms with Crippen LogP contribution < -0.4 is 10.1 Å². The van der Waals surface area contributed by atoms with Gasteiger partial charge in [0.25, 0.3) is 0 Å². The molecule has 0 aliphatic heterocycles. The van der Waals surface area contributed by atoms with Gasteiger partial charge < -0.3 is 10.1 Å². The van der Waals surface area contributed by atoms with E-state index in [0.29, 0.717) is 13.2 Å². The van der Waals surface area contributed by atoms with Gasteiger partial charge in [-0.15, -0.1) is 0 Å². The number of pyridine rings is 2. The van der Waals surface area contributed by atoms with Gasteiger partial charge in [-0.1, -0.05) is 0 Å². The van der Waals surface area contributed by atoms with Crippen molar-refractivity contribution in [1.29, 1.82) is 0 Å². The van der Waals surface area contributed by atoms with Gasteiger partial charge in [0.05, 0.1) is 46.8 Å². The molecule has 1 N–H and O–H groups in total. The van der Waals surface area contributed by atoms with Crippen molar-refractivity contribution in [2.45, 2.75) is 47.2 Å². The number of fused-ring (bicyclic) bond motifs is 1. The van der Waals surface area contributed by atoms with Gasteiger partial charge in [-0.3, -0.25) is 19.0 Å². The molecule has 0 amide bonds. The molecule has 0 aromatic carbocycles. The van der Waals surface area contributed by atoms with Gasteiger partial charge in [-0.05, 0) is 40.7 Å². The zero-order valence-corrected chi connectivity index (χ0v) is 22.4. The first-order chi connectivity index (χ1) is 17.7. The van der Waals surface area contributed by atoms with Crippen LogP contribution >= 0.6 is 0 Å². The van der Waals surface area contributed by atoms with E-state index in [-0.39, 0.29) is 6.04 Å². The fourth-order valence-electron chi connectivity index (χ4n) is 4.59. The Morgan fingerprint density at radius 1 is 0.946 bits per heavy atom. The third kappa shape index (κ3) is 4.66. The lowest BCUT2D eigenvalue weighted by Crippen LogP contribution is -2.07. The summed E-state index contributed by atoms with van der Waals surface area (Å²) in [7, 11) is 3.83. The van der Waals surface area contributed by atoms with E-state index >= 15 is 0 Å². The zero-order chi connectivity index (χ0) is 26.3. The first-order valence-electron chi connectivity index (χ1n) is 12.5. The van der Waals surface area contributed by atoms with Crippen molar-refractivity contribution in [2.75, 3.05) is 11.9 Å². The molecule has 0 aliphatic carbocycles. The molecule has 0 fully saturated rings. The number of anilines is 1. The van der Waals surface area contributed by atoms with Gasteiger partial charge in [-0.25, -0.2) is 4.98 Å². The highest BCUT2D eigenvalue weighted by Crippen LogP contribution is 2.37. The molecule has 0 saturated heterocycles. The first-order valence-corrected chi connectivity index (χ1v) is 12.5. The number of ether oxygens (including phenoxy) is 1. The highest BCUT2D eigenvalue weighted by atomic mass is 16.5. The summed E-state index contributed by atoms with van der Waals surface area (Å²) in [5, 5.41) is 17.2. The average Bonchev–Trinajstić information content (AvgIpc) is 3.54. The maximum atomic E-state index is 6.10. The highest BCUT2D eigenvalue weighted by Gasteiger charge is 2.20. The van der Waals surface area contributed by atoms with Crippen molar-refractivity contribution in [1.82, 2.24) is 39.3 Å². The van der Waals surface area contributed by atoms with Crippen LogP contribution in [0, 0.1) is 13.8 Å². The van der Waals surface area contributed by atoms with E-state index in [1.54, 1.807) is 9.36 Å². The Labute approximate surface area is 216 Å². The van der Waals surface area contributed by atoms with Gasteiger partial charge in [0.15, 0.2) is 0 Å². The summed E-state index contributed by atoms with van der Waals surface area (Å²) in [6.45, 7) is 11.4. The molecule has 10 nitrogen and oxygen atoms in total. The summed E-state index contributed by atoms with van der Waals surface area (Å²) in [4.78, 5) is 9.84. The van der Waals surface area contributed by atoms with Crippen molar-refractivity contribution in [3.63, 3.8) is 0 Å². The molecule has 5 aromatic heterocycles. The number of aromatic nitrogens is 8. The number of hydrogen-bond donors (Lipinski definition) is 1. The van der Waals surface area contributed by atoms with E-state index in [1.807, 2.05) is 70.4 Å². The summed E-state index contributed by atoms with van der Waals surface area (Å²) < 4.78 is 11.7. The lowest BCUT2D eigenvalue weighted by Gasteiger charge is -2.15. The third-order valence-electron chi connectivity index (χ3n) is 6.28. The van der Waals surface area contributed by atoms with Gasteiger partial charge >= 0.3 is 0 Å². The summed E-state index contributed by atoms with van der Waals surface area (Å²) in [5.74, 6) is 0.731. The van der Waals surface area contributed by atoms with Crippen LogP contribution in [0.1, 0.15) is 43.8 Å². The number of aryl methyl sites for hydroxylation is 4. The minimum absolute atomic E-state index is 0.186. The molecule has 5 rings (SSSR count). The van der Waals surface area contributed by atoms with Crippen molar-refractivity contribution in [2.24, 2.45) is 14.1 Å². The maximum absolute atomic E-state index is 6.10. The Balaban J connectivity index is 1.64. The Hall–Kier alpha value is -4.21. The average molecular weight is 500 g/mol. The predicted octanol–water partition coefficient (Wildman–Crippen LogP) is 4.84. The molecule has 5 heterocycles. The molecule has 5 aromatic rings. The van der Waals surface area contributed by atoms with Crippen LogP contribution in [-0.2, 0) is 20.6 Å². The predicted molar refractivity (Wildman–Crippen MR) is 145 cm³/mol. The van der Waals surface area contributed by atoms with Crippen LogP contribution in [0.15, 0.2) is 36.9 Å². The molecule has 37 heavy (non-hydrogen) atoms. The fraction of sp³-hybridized carbons (Fsp3) is 0.370. The van der Waals surface area contributed by atoms with Crippen LogP contribution in [0.5, 0.6) is 5.75 Å². The second-order valence-electron chi connectivity index (χ2n) is 9.55. The van der Waals surface area contributed by atoms with Crippen molar-refractivity contribution in [3.8, 4) is 28.3 Å². The third-order valence-corrected chi connectivity index (χ3v) is 6.28. The minimum atomic E-state index is 0.186. The molecule has 192 valence electrons. The minimum Gasteiger partial charge on any atom is -0.493 e. The van der Waals surface area contributed by atoms with Crippen LogP contribution in [0.3, 0.4) is 0 Å². The van der Waals surface area contributed by atoms with E-state index in [4.69, 9.17) is 19.8 Å². The van der Waals surface area contributed by atoms with Crippen LogP contribution in [0.25, 0.3) is 33.5 Å². The second-order valence-corrected chi connectivity index (χ2v) is 9.55. The molecule has 0 saturated carbocycles. The molecule has 0 atom stereocenters. The summed E-state index contributed by atoms with van der Waals surface area (Å²) in [6.07, 6.45) is 7.69. The van der Waals surface area contributed by atoms with E-state index in [9.17, 15) is 0 Å². The monoisotopic (exact) mass is 499 g/mol. The van der Waals surface area contributed by atoms with Crippen molar-refractivity contribution < 1.29 is 4.74 Å². The smallest absolute Gasteiger partial charge is 0.132 e. The lowest BCUT2D eigenvalue weighted by atomic mass is 10.1. The van der Waals surface area contributed by atoms with Gasteiger partial charge in [0.2, 0.25) is 0 Å². The Kier molecular flexibility index (Phi) is 6.41. The van der Waals surface area contributed by atoms with E-state index < -0.39 is 0 Å². The van der Waals surface area contributed by atoms with Crippen molar-refractivity contribution >= 4 is 16.7 Å². The first kappa shape index (κ1) is 24.5. The molecule has 0 aliphatic rings. The van der Waals surface area contributed by atoms with E-state index in [2.05, 4.69) is 35.4 Å². The second kappa shape index (κ2) is 9.68. The zero-order valence-electron chi connectivity index (χ0n) is 22.4. The lowest BCUT2D eigenvalue weighted by molar-refractivity contribution is 0.341. The van der Waals surface area contributed by atoms with Crippen LogP contribution in [-0.4, -0.2) is 45.9 Å². The Morgan fingerprint density at radius 3 is 2.41 bits per heavy atom. The Bertz CT molecular complexity index is 1570. The molecular weight excluding hydrogens is 466 g/mol. The molecule has 0 radical (unpaired) electrons. The van der Waals surface area contributed by atoms with Gasteiger partial charge in [-0.2, -0.15) is 15.3 Å². The standard InChI is InChI=1S/C27H33N9O/c1-8-37-25-10-22(21-15-35(7)32-17(21)4)29-13-20(25)23-9-24(28-11-19-12-30-34(6)14-19)27-26(31-23)18(5)33-36(27)16(2)3/h9-10,12-16H,8,11H2,1-7H3,(H,28,31). The number of nitrogens with one attached hydrogen (secondary N) is 1. The van der Waals surface area contributed by atoms with E-state index in [0.717, 1.165) is 61.9 Å². The van der Waals surface area contributed by atoms with Crippen molar-refractivity contribution in [3.05, 3.63) is 53.9 Å². The van der Waals surface area contributed by atoms with Gasteiger partial charge in [0, 0.05) is 62.5 Å². The number of nitrogens with zero attached hydrogens (tertiary/aromatic N) is 8. The summed E-state index contributed by atoms with van der Waals surface area (Å²) >= 11 is 0. The highest BCUT2D eigenvalue weighted by molar-refractivity contribution is 5.93. The Morgan fingerprint density at radius 2 is 1.76 bits per heavy atom. The topological polar surface area (TPSA) is 100 Å². The molecule has 0 bridgehead atoms. The molecule has 10 heteroatoms. The van der Waals surface area contributed by atoms with Gasteiger partial charge in [0.1, 0.15) is 16.8 Å².